The minimum atomic E-state index is -4.51. The number of anilines is 1. The van der Waals surface area contributed by atoms with Crippen LogP contribution in [0.4, 0.5) is 18.9 Å². The summed E-state index contributed by atoms with van der Waals surface area (Å²) in [6.07, 6.45) is -4.48. The number of aliphatic hydroxyl groups excluding tert-OH is 3. The number of carbonyl (C=O) groups excluding carboxylic acids is 1. The first-order valence-corrected chi connectivity index (χ1v) is 16.6. The maximum atomic E-state index is 13.9. The molecule has 50 heavy (non-hydrogen) atoms. The molecule has 0 saturated heterocycles. The van der Waals surface area contributed by atoms with Crippen LogP contribution in [0.25, 0.3) is 11.1 Å². The fourth-order valence-corrected chi connectivity index (χ4v) is 6.72. The van der Waals surface area contributed by atoms with Gasteiger partial charge in [0.2, 0.25) is 5.91 Å². The minimum Gasteiger partial charge on any atom is -0.481 e. The Bertz CT molecular complexity index is 1890. The van der Waals surface area contributed by atoms with Crippen molar-refractivity contribution in [2.75, 3.05) is 24.1 Å². The molecule has 5 rings (SSSR count). The molecule has 0 radical (unpaired) electrons. The molecule has 1 heterocycles. The maximum Gasteiger partial charge on any atom is 0.416 e. The van der Waals surface area contributed by atoms with Gasteiger partial charge in [0, 0.05) is 13.0 Å². The van der Waals surface area contributed by atoms with Crippen molar-refractivity contribution in [2.45, 2.75) is 42.0 Å². The molecule has 1 aliphatic heterocycles. The first kappa shape index (κ1) is 38.0. The number of para-hydroxylation sites is 1. The molecule has 0 spiro atoms. The van der Waals surface area contributed by atoms with E-state index in [2.05, 4.69) is 5.32 Å². The van der Waals surface area contributed by atoms with Gasteiger partial charge in [-0.05, 0) is 58.1 Å². The lowest BCUT2D eigenvalue weighted by Crippen LogP contribution is -2.50. The number of carboxylic acids is 1. The molecule has 4 aromatic carbocycles. The van der Waals surface area contributed by atoms with Crippen LogP contribution in [-0.4, -0.2) is 72.1 Å². The molecule has 1 aliphatic rings. The number of aliphatic hydroxyl groups is 3. The second kappa shape index (κ2) is 15.8. The zero-order valence-corrected chi connectivity index (χ0v) is 27.4. The zero-order valence-electron chi connectivity index (χ0n) is 26.5. The van der Waals surface area contributed by atoms with Crippen LogP contribution in [0.1, 0.15) is 22.3 Å². The van der Waals surface area contributed by atoms with E-state index in [1.165, 1.54) is 36.4 Å². The van der Waals surface area contributed by atoms with E-state index in [9.17, 15) is 31.2 Å². The lowest BCUT2D eigenvalue weighted by Gasteiger charge is -2.26. The van der Waals surface area contributed by atoms with Crippen molar-refractivity contribution in [3.05, 3.63) is 119 Å². The monoisotopic (exact) mass is 715 g/mol. The van der Waals surface area contributed by atoms with Gasteiger partial charge in [0.25, 0.3) is 10.0 Å². The highest BCUT2D eigenvalue weighted by atomic mass is 32.2. The number of carbonyl (C=O) groups is 2. The molecule has 1 atom stereocenters. The number of rotatable bonds is 11. The average molecular weight is 716 g/mol. The first-order valence-electron chi connectivity index (χ1n) is 15.2. The Morgan fingerprint density at radius 3 is 1.98 bits per heavy atom. The third-order valence-corrected chi connectivity index (χ3v) is 9.79. The van der Waals surface area contributed by atoms with Crippen LogP contribution in [-0.2, 0) is 45.2 Å². The predicted octanol–water partition coefficient (Wildman–Crippen LogP) is 3.10. The Labute approximate surface area is 286 Å². The smallest absolute Gasteiger partial charge is 0.416 e. The van der Waals surface area contributed by atoms with Crippen molar-refractivity contribution in [1.29, 1.82) is 0 Å². The van der Waals surface area contributed by atoms with Crippen LogP contribution in [0.2, 0.25) is 0 Å². The molecule has 0 aliphatic carbocycles. The largest absolute Gasteiger partial charge is 0.481 e. The van der Waals surface area contributed by atoms with Crippen molar-refractivity contribution in [2.24, 2.45) is 5.73 Å². The van der Waals surface area contributed by atoms with Crippen LogP contribution in [0, 0.1) is 0 Å². The second-order valence-corrected chi connectivity index (χ2v) is 13.5. The van der Waals surface area contributed by atoms with Gasteiger partial charge in [-0.1, -0.05) is 66.7 Å². The molecule has 15 heteroatoms. The van der Waals surface area contributed by atoms with Gasteiger partial charge in [0.1, 0.15) is 6.04 Å². The summed E-state index contributed by atoms with van der Waals surface area (Å²) in [6, 6.07) is 22.7. The lowest BCUT2D eigenvalue weighted by atomic mass is 10.0. The lowest BCUT2D eigenvalue weighted by molar-refractivity contribution is -0.138. The molecular weight excluding hydrogens is 679 g/mol. The van der Waals surface area contributed by atoms with E-state index in [0.29, 0.717) is 27.9 Å². The summed E-state index contributed by atoms with van der Waals surface area (Å²) in [7, 11) is -4.24. The number of aliphatic carboxylic acids is 1. The number of alkyl halides is 3. The van der Waals surface area contributed by atoms with E-state index in [1.807, 2.05) is 0 Å². The van der Waals surface area contributed by atoms with Crippen LogP contribution >= 0.6 is 0 Å². The molecule has 0 fully saturated rings. The van der Waals surface area contributed by atoms with Crippen LogP contribution in [0.3, 0.4) is 0 Å². The highest BCUT2D eigenvalue weighted by molar-refractivity contribution is 7.93. The number of benzene rings is 4. The number of sulfonamides is 1. The highest BCUT2D eigenvalue weighted by Crippen LogP contribution is 2.38. The van der Waals surface area contributed by atoms with Gasteiger partial charge in [0.05, 0.1) is 47.9 Å². The van der Waals surface area contributed by atoms with E-state index in [-0.39, 0.29) is 29.8 Å². The molecular formula is C35H36F3N3O8S. The number of nitrogens with one attached hydrogen (secondary N) is 1. The highest BCUT2D eigenvalue weighted by Gasteiger charge is 2.42. The standard InChI is InChI=1S/C31H25F3N2O5S.C4H11NO3/c32-31(33,34)25-6-3-5-23(17-25)22-12-14-26(15-13-22)42(40,41)36-27-7-2-1-4-24(27)18-28(36)30(39)35-19-21-10-8-20(9-11-21)16-29(37)38;5-4(1-6,2-7)3-8/h1-15,17,28H,16,18-19H2,(H,35,39)(H,37,38);6-8H,1-3,5H2/t28-;/m0./s1. The summed E-state index contributed by atoms with van der Waals surface area (Å²) < 4.78 is 68.4. The van der Waals surface area contributed by atoms with Gasteiger partial charge >= 0.3 is 12.1 Å². The van der Waals surface area contributed by atoms with Crippen LogP contribution in [0.15, 0.2) is 102 Å². The van der Waals surface area contributed by atoms with Crippen LogP contribution in [0.5, 0.6) is 0 Å². The van der Waals surface area contributed by atoms with Crippen molar-refractivity contribution in [3.63, 3.8) is 0 Å². The second-order valence-electron chi connectivity index (χ2n) is 11.7. The molecule has 7 N–H and O–H groups in total. The normalized spacial score (nSPS) is 14.4. The van der Waals surface area contributed by atoms with Gasteiger partial charge < -0.3 is 31.5 Å². The zero-order chi connectivity index (χ0) is 36.7. The first-order chi connectivity index (χ1) is 23.6. The molecule has 4 aromatic rings. The quantitative estimate of drug-likeness (QED) is 0.136. The molecule has 0 aromatic heterocycles. The third-order valence-electron chi connectivity index (χ3n) is 7.95. The summed E-state index contributed by atoms with van der Waals surface area (Å²) in [4.78, 5) is 24.1. The number of amides is 1. The van der Waals surface area contributed by atoms with E-state index >= 15 is 0 Å². The van der Waals surface area contributed by atoms with E-state index in [4.69, 9.17) is 26.2 Å². The fourth-order valence-electron chi connectivity index (χ4n) is 5.07. The van der Waals surface area contributed by atoms with Crippen molar-refractivity contribution < 1.29 is 51.6 Å². The summed E-state index contributed by atoms with van der Waals surface area (Å²) >= 11 is 0. The van der Waals surface area contributed by atoms with Gasteiger partial charge in [0.15, 0.2) is 0 Å². The number of fused-ring (bicyclic) bond motifs is 1. The van der Waals surface area contributed by atoms with Crippen molar-refractivity contribution in [3.8, 4) is 11.1 Å². The summed E-state index contributed by atoms with van der Waals surface area (Å²) in [5.41, 5.74) is 6.20. The summed E-state index contributed by atoms with van der Waals surface area (Å²) in [6.45, 7) is -1.10. The molecule has 0 unspecified atom stereocenters. The van der Waals surface area contributed by atoms with Gasteiger partial charge in [-0.3, -0.25) is 13.9 Å². The Morgan fingerprint density at radius 2 is 1.42 bits per heavy atom. The Balaban J connectivity index is 0.000000627. The third kappa shape index (κ3) is 9.05. The minimum absolute atomic E-state index is 0.109. The Morgan fingerprint density at radius 1 is 0.820 bits per heavy atom. The summed E-state index contributed by atoms with van der Waals surface area (Å²) in [5.74, 6) is -1.46. The van der Waals surface area contributed by atoms with Crippen LogP contribution < -0.4 is 15.4 Å². The van der Waals surface area contributed by atoms with Crippen molar-refractivity contribution >= 4 is 27.6 Å². The number of nitrogens with zero attached hydrogens (tertiary/aromatic N) is 1. The number of hydrogen-bond acceptors (Lipinski definition) is 8. The maximum absolute atomic E-state index is 13.9. The van der Waals surface area contributed by atoms with E-state index < -0.39 is 65.0 Å². The number of hydrogen-bond donors (Lipinski definition) is 6. The molecule has 266 valence electrons. The molecule has 11 nitrogen and oxygen atoms in total. The number of halogens is 3. The van der Waals surface area contributed by atoms with Gasteiger partial charge in [-0.25, -0.2) is 8.42 Å². The van der Waals surface area contributed by atoms with E-state index in [1.54, 1.807) is 48.5 Å². The van der Waals surface area contributed by atoms with E-state index in [0.717, 1.165) is 16.4 Å². The fraction of sp³-hybridized carbons (Fsp3) is 0.257. The number of carboxylic acid groups (broad SMARTS) is 1. The van der Waals surface area contributed by atoms with Crippen molar-refractivity contribution in [1.82, 2.24) is 5.32 Å². The van der Waals surface area contributed by atoms with Gasteiger partial charge in [-0.2, -0.15) is 13.2 Å². The predicted molar refractivity (Wildman–Crippen MR) is 178 cm³/mol. The number of nitrogens with two attached hydrogens (primary N) is 1. The SMILES string of the molecule is NC(CO)(CO)CO.O=C(O)Cc1ccc(CNC(=O)[C@@H]2Cc3ccccc3N2S(=O)(=O)c2ccc(-c3cccc(C(F)(F)F)c3)cc2)cc1. The van der Waals surface area contributed by atoms with Gasteiger partial charge in [-0.15, -0.1) is 0 Å². The summed E-state index contributed by atoms with van der Waals surface area (Å²) in [5, 5.41) is 36.7. The Hall–Kier alpha value is -4.80. The Kier molecular flexibility index (Phi) is 12.0. The molecule has 0 saturated carbocycles. The molecule has 0 bridgehead atoms. The molecule has 1 amide bonds. The topological polar surface area (TPSA) is 190 Å². The average Bonchev–Trinajstić information content (AvgIpc) is 3.51.